The second kappa shape index (κ2) is 10.7. The van der Waals surface area contributed by atoms with Crippen LogP contribution >= 0.6 is 11.8 Å². The van der Waals surface area contributed by atoms with Crippen LogP contribution in [0.2, 0.25) is 0 Å². The zero-order valence-corrected chi connectivity index (χ0v) is 17.8. The molecule has 1 aliphatic heterocycles. The number of carbonyl (C=O) groups excluding carboxylic acids is 1. The quantitative estimate of drug-likeness (QED) is 0.600. The van der Waals surface area contributed by atoms with Gasteiger partial charge in [0.15, 0.2) is 0 Å². The van der Waals surface area contributed by atoms with E-state index in [0.717, 1.165) is 5.69 Å². The van der Waals surface area contributed by atoms with E-state index in [4.69, 9.17) is 10.00 Å². The summed E-state index contributed by atoms with van der Waals surface area (Å²) in [4.78, 5) is 14.5. The van der Waals surface area contributed by atoms with Gasteiger partial charge in [0.05, 0.1) is 47.1 Å². The lowest BCUT2D eigenvalue weighted by Gasteiger charge is -2.31. The fourth-order valence-corrected chi connectivity index (χ4v) is 4.88. The number of carbonyl (C=O) groups is 1. The van der Waals surface area contributed by atoms with Crippen molar-refractivity contribution in [3.63, 3.8) is 0 Å². The Morgan fingerprint density at radius 3 is 2.61 bits per heavy atom. The van der Waals surface area contributed by atoms with Crippen molar-refractivity contribution < 1.29 is 17.9 Å². The molecule has 1 aromatic rings. The lowest BCUT2D eigenvalue weighted by molar-refractivity contribution is -0.113. The van der Waals surface area contributed by atoms with Crippen molar-refractivity contribution >= 4 is 39.1 Å². The van der Waals surface area contributed by atoms with Crippen LogP contribution in [0.3, 0.4) is 0 Å². The first-order valence-electron chi connectivity index (χ1n) is 9.15. The van der Waals surface area contributed by atoms with Gasteiger partial charge < -0.3 is 15.0 Å². The minimum absolute atomic E-state index is 0.128. The highest BCUT2D eigenvalue weighted by Gasteiger charge is 2.24. The standard InChI is InChI=1S/C18H26N4O4S2/c1-3-22(4-2)28(24,25)15-5-6-17(21-8-10-26-11-9-21)16(13-15)20-18(23)14-27-12-7-19/h5-6,13H,3-4,8-12,14H2,1-2H3,(H,20,23). The Morgan fingerprint density at radius 2 is 2.00 bits per heavy atom. The van der Waals surface area contributed by atoms with Crippen LogP contribution in [0.4, 0.5) is 11.4 Å². The summed E-state index contributed by atoms with van der Waals surface area (Å²) in [5.41, 5.74) is 1.22. The first-order valence-corrected chi connectivity index (χ1v) is 11.7. The molecule has 8 nitrogen and oxygen atoms in total. The number of rotatable bonds is 9. The molecule has 1 N–H and O–H groups in total. The Hall–Kier alpha value is -1.80. The van der Waals surface area contributed by atoms with Crippen LogP contribution in [-0.4, -0.2) is 69.5 Å². The maximum Gasteiger partial charge on any atom is 0.243 e. The topological polar surface area (TPSA) is 103 Å². The lowest BCUT2D eigenvalue weighted by Crippen LogP contribution is -2.37. The monoisotopic (exact) mass is 426 g/mol. The van der Waals surface area contributed by atoms with Crippen molar-refractivity contribution in [2.45, 2.75) is 18.7 Å². The third kappa shape index (κ3) is 5.61. The molecule has 1 fully saturated rings. The van der Waals surface area contributed by atoms with Crippen LogP contribution in [0.5, 0.6) is 0 Å². The Kier molecular flexibility index (Phi) is 8.57. The largest absolute Gasteiger partial charge is 0.378 e. The van der Waals surface area contributed by atoms with E-state index in [9.17, 15) is 13.2 Å². The minimum Gasteiger partial charge on any atom is -0.378 e. The summed E-state index contributed by atoms with van der Waals surface area (Å²) in [6, 6.07) is 6.82. The average molecular weight is 427 g/mol. The zero-order valence-electron chi connectivity index (χ0n) is 16.2. The van der Waals surface area contributed by atoms with E-state index in [-0.39, 0.29) is 22.3 Å². The number of nitriles is 1. The molecule has 0 saturated carbocycles. The van der Waals surface area contributed by atoms with Gasteiger partial charge in [-0.05, 0) is 18.2 Å². The van der Waals surface area contributed by atoms with Crippen molar-refractivity contribution in [2.75, 3.05) is 61.1 Å². The molecule has 0 aliphatic carbocycles. The number of hydrogen-bond acceptors (Lipinski definition) is 7. The van der Waals surface area contributed by atoms with Crippen LogP contribution in [0.1, 0.15) is 13.8 Å². The Balaban J connectivity index is 2.35. The lowest BCUT2D eigenvalue weighted by atomic mass is 10.2. The number of ether oxygens (including phenoxy) is 1. The molecule has 0 bridgehead atoms. The molecule has 28 heavy (non-hydrogen) atoms. The maximum atomic E-state index is 12.9. The number of morpholine rings is 1. The van der Waals surface area contributed by atoms with E-state index >= 15 is 0 Å². The summed E-state index contributed by atoms with van der Waals surface area (Å²) in [5, 5.41) is 11.4. The van der Waals surface area contributed by atoms with Crippen molar-refractivity contribution in [3.8, 4) is 6.07 Å². The maximum absolute atomic E-state index is 12.9. The summed E-state index contributed by atoms with van der Waals surface area (Å²) >= 11 is 1.21. The number of sulfonamides is 1. The number of anilines is 2. The number of amides is 1. The van der Waals surface area contributed by atoms with Gasteiger partial charge >= 0.3 is 0 Å². The Morgan fingerprint density at radius 1 is 1.32 bits per heavy atom. The van der Waals surface area contributed by atoms with Crippen LogP contribution < -0.4 is 10.2 Å². The molecule has 1 amide bonds. The molecule has 2 rings (SSSR count). The van der Waals surface area contributed by atoms with Crippen molar-refractivity contribution in [1.29, 1.82) is 5.26 Å². The van der Waals surface area contributed by atoms with Gasteiger partial charge in [0.25, 0.3) is 0 Å². The predicted molar refractivity (Wildman–Crippen MR) is 111 cm³/mol. The second-order valence-electron chi connectivity index (χ2n) is 6.07. The summed E-state index contributed by atoms with van der Waals surface area (Å²) in [6.07, 6.45) is 0. The van der Waals surface area contributed by atoms with Crippen LogP contribution in [0.25, 0.3) is 0 Å². The molecular weight excluding hydrogens is 400 g/mol. The molecule has 1 heterocycles. The number of nitrogens with one attached hydrogen (secondary N) is 1. The van der Waals surface area contributed by atoms with Crippen molar-refractivity contribution in [2.24, 2.45) is 0 Å². The van der Waals surface area contributed by atoms with E-state index in [1.165, 1.54) is 22.1 Å². The van der Waals surface area contributed by atoms with Gasteiger partial charge in [-0.25, -0.2) is 8.42 Å². The van der Waals surface area contributed by atoms with Crippen LogP contribution in [0, 0.1) is 11.3 Å². The number of nitrogens with zero attached hydrogens (tertiary/aromatic N) is 3. The first kappa shape index (κ1) is 22.5. The smallest absolute Gasteiger partial charge is 0.243 e. The molecule has 0 aromatic heterocycles. The van der Waals surface area contributed by atoms with Gasteiger partial charge in [0, 0.05) is 26.2 Å². The number of thioether (sulfide) groups is 1. The van der Waals surface area contributed by atoms with Crippen LogP contribution in [-0.2, 0) is 19.6 Å². The van der Waals surface area contributed by atoms with Gasteiger partial charge in [0.1, 0.15) is 0 Å². The number of hydrogen-bond donors (Lipinski definition) is 1. The first-order chi connectivity index (χ1) is 13.4. The molecule has 1 aromatic carbocycles. The molecule has 1 aliphatic rings. The molecule has 0 atom stereocenters. The van der Waals surface area contributed by atoms with E-state index in [0.29, 0.717) is 45.1 Å². The van der Waals surface area contributed by atoms with E-state index in [1.54, 1.807) is 26.0 Å². The van der Waals surface area contributed by atoms with E-state index < -0.39 is 10.0 Å². The van der Waals surface area contributed by atoms with Gasteiger partial charge in [0.2, 0.25) is 15.9 Å². The fraction of sp³-hybridized carbons (Fsp3) is 0.556. The van der Waals surface area contributed by atoms with Gasteiger partial charge in [-0.1, -0.05) is 13.8 Å². The van der Waals surface area contributed by atoms with Crippen LogP contribution in [0.15, 0.2) is 23.1 Å². The summed E-state index contributed by atoms with van der Waals surface area (Å²) in [5.74, 6) is 0.0793. The summed E-state index contributed by atoms with van der Waals surface area (Å²) < 4.78 is 32.5. The molecule has 0 unspecified atom stereocenters. The zero-order chi connectivity index (χ0) is 20.6. The third-order valence-corrected chi connectivity index (χ3v) is 7.18. The highest BCUT2D eigenvalue weighted by molar-refractivity contribution is 8.00. The average Bonchev–Trinajstić information content (AvgIpc) is 2.69. The molecule has 154 valence electrons. The van der Waals surface area contributed by atoms with Gasteiger partial charge in [-0.3, -0.25) is 4.79 Å². The van der Waals surface area contributed by atoms with Gasteiger partial charge in [-0.2, -0.15) is 9.57 Å². The Labute approximate surface area is 170 Å². The predicted octanol–water partition coefficient (Wildman–Crippen LogP) is 1.75. The van der Waals surface area contributed by atoms with E-state index in [2.05, 4.69) is 10.2 Å². The molecule has 0 spiro atoms. The van der Waals surface area contributed by atoms with Crippen molar-refractivity contribution in [3.05, 3.63) is 18.2 Å². The third-order valence-electron chi connectivity index (χ3n) is 4.34. The van der Waals surface area contributed by atoms with Gasteiger partial charge in [-0.15, -0.1) is 11.8 Å². The molecular formula is C18H26N4O4S2. The molecule has 1 saturated heterocycles. The summed E-state index contributed by atoms with van der Waals surface area (Å²) in [6.45, 7) is 6.79. The number of benzene rings is 1. The Bertz CT molecular complexity index is 813. The van der Waals surface area contributed by atoms with E-state index in [1.807, 2.05) is 6.07 Å². The molecule has 10 heteroatoms. The normalized spacial score (nSPS) is 14.7. The molecule has 0 radical (unpaired) electrons. The fourth-order valence-electron chi connectivity index (χ4n) is 2.94. The minimum atomic E-state index is -3.64. The SMILES string of the molecule is CCN(CC)S(=O)(=O)c1ccc(N2CCOCC2)c(NC(=O)CSCC#N)c1. The highest BCUT2D eigenvalue weighted by atomic mass is 32.2. The highest BCUT2D eigenvalue weighted by Crippen LogP contribution is 2.31. The van der Waals surface area contributed by atoms with Crippen molar-refractivity contribution in [1.82, 2.24) is 4.31 Å². The second-order valence-corrected chi connectivity index (χ2v) is 8.99. The summed E-state index contributed by atoms with van der Waals surface area (Å²) in [7, 11) is -3.64.